The molecule has 4 nitrogen and oxygen atoms in total. The number of nitrogens with zero attached hydrogens (tertiary/aromatic N) is 3. The van der Waals surface area contributed by atoms with E-state index in [0.717, 1.165) is 29.2 Å². The minimum atomic E-state index is -1.10. The van der Waals surface area contributed by atoms with Crippen molar-refractivity contribution in [2.75, 3.05) is 6.61 Å². The number of benzene rings is 1. The molecule has 0 amide bonds. The highest BCUT2D eigenvalue weighted by molar-refractivity contribution is 6.76. The van der Waals surface area contributed by atoms with Gasteiger partial charge in [-0.15, -0.1) is 0 Å². The van der Waals surface area contributed by atoms with Crippen molar-refractivity contribution in [3.8, 4) is 5.69 Å². The maximum absolute atomic E-state index is 6.46. The molecule has 0 unspecified atom stereocenters. The van der Waals surface area contributed by atoms with Crippen molar-refractivity contribution in [3.63, 3.8) is 0 Å². The Morgan fingerprint density at radius 1 is 1.21 bits per heavy atom. The minimum Gasteiger partial charge on any atom is -0.361 e. The maximum atomic E-state index is 6.46. The summed E-state index contributed by atoms with van der Waals surface area (Å²) < 4.78 is 9.88. The number of halogens is 2. The fourth-order valence-corrected chi connectivity index (χ4v) is 3.74. The average molecular weight is 382 g/mol. The molecule has 0 fully saturated rings. The highest BCUT2D eigenvalue weighted by atomic mass is 35.5. The molecule has 0 saturated carbocycles. The van der Waals surface area contributed by atoms with E-state index in [0.29, 0.717) is 16.8 Å². The van der Waals surface area contributed by atoms with Gasteiger partial charge in [0.15, 0.2) is 0 Å². The summed E-state index contributed by atoms with van der Waals surface area (Å²) >= 11 is 12.7. The molecule has 7 heteroatoms. The van der Waals surface area contributed by atoms with Crippen LogP contribution in [0.5, 0.6) is 0 Å². The summed E-state index contributed by atoms with van der Waals surface area (Å²) in [4.78, 5) is 4.13. The zero-order valence-corrected chi connectivity index (χ0v) is 16.6. The van der Waals surface area contributed by atoms with Gasteiger partial charge in [0.25, 0.3) is 0 Å². The number of ether oxygens (including phenoxy) is 1. The molecule has 1 aromatic carbocycles. The monoisotopic (exact) mass is 381 g/mol. The van der Waals surface area contributed by atoms with Crippen LogP contribution in [-0.4, -0.2) is 28.8 Å². The predicted octanol–water partition coefficient (Wildman–Crippen LogP) is 5.45. The summed E-state index contributed by atoms with van der Waals surface area (Å²) in [5, 5.41) is 2.12. The van der Waals surface area contributed by atoms with E-state index in [1.165, 1.54) is 0 Å². The smallest absolute Gasteiger partial charge is 0.123 e. The topological polar surface area (TPSA) is 32.0 Å². The van der Waals surface area contributed by atoms with Gasteiger partial charge in [-0.05, 0) is 18.2 Å². The van der Waals surface area contributed by atoms with Crippen molar-refractivity contribution < 1.29 is 4.74 Å². The second-order valence-electron chi connectivity index (χ2n) is 7.06. The van der Waals surface area contributed by atoms with Gasteiger partial charge in [-0.2, -0.15) is 0 Å². The molecule has 0 spiro atoms. The third-order valence-electron chi connectivity index (χ3n) is 3.92. The van der Waals surface area contributed by atoms with E-state index in [9.17, 15) is 0 Å². The second-order valence-corrected chi connectivity index (χ2v) is 13.5. The van der Waals surface area contributed by atoms with Gasteiger partial charge in [-0.1, -0.05) is 42.8 Å². The second kappa shape index (κ2) is 6.92. The van der Waals surface area contributed by atoms with Gasteiger partial charge < -0.3 is 13.9 Å². The Hall–Kier alpha value is -1.27. The molecule has 128 valence electrons. The zero-order valence-electron chi connectivity index (χ0n) is 14.1. The van der Waals surface area contributed by atoms with Crippen LogP contribution in [-0.2, 0) is 11.5 Å². The van der Waals surface area contributed by atoms with E-state index >= 15 is 0 Å². The summed E-state index contributed by atoms with van der Waals surface area (Å²) in [6, 6.07) is 4.94. The molecular weight excluding hydrogens is 361 g/mol. The summed E-state index contributed by atoms with van der Waals surface area (Å²) in [7, 11) is -1.10. The van der Waals surface area contributed by atoms with Gasteiger partial charge >= 0.3 is 0 Å². The molecule has 0 aliphatic carbocycles. The van der Waals surface area contributed by atoms with Crippen molar-refractivity contribution >= 4 is 42.2 Å². The Morgan fingerprint density at radius 3 is 2.67 bits per heavy atom. The fourth-order valence-electron chi connectivity index (χ4n) is 2.56. The summed E-state index contributed by atoms with van der Waals surface area (Å²) in [6.07, 6.45) is 7.47. The van der Waals surface area contributed by atoms with Gasteiger partial charge in [0.2, 0.25) is 0 Å². The van der Waals surface area contributed by atoms with Crippen molar-refractivity contribution in [2.45, 2.75) is 32.4 Å². The molecule has 0 radical (unpaired) electrons. The molecule has 2 heterocycles. The van der Waals surface area contributed by atoms with E-state index in [1.54, 1.807) is 12.5 Å². The highest BCUT2D eigenvalue weighted by Gasteiger charge is 2.16. The third-order valence-corrected chi connectivity index (χ3v) is 6.42. The Bertz CT molecular complexity index is 838. The highest BCUT2D eigenvalue weighted by Crippen LogP contribution is 2.35. The van der Waals surface area contributed by atoms with E-state index in [1.807, 2.05) is 33.7 Å². The zero-order chi connectivity index (χ0) is 17.3. The lowest BCUT2D eigenvalue weighted by molar-refractivity contribution is 0.0902. The van der Waals surface area contributed by atoms with Crippen LogP contribution in [0.4, 0.5) is 0 Å². The first kappa shape index (κ1) is 17.5. The van der Waals surface area contributed by atoms with E-state index in [2.05, 4.69) is 24.6 Å². The van der Waals surface area contributed by atoms with E-state index < -0.39 is 8.07 Å². The molecule has 24 heavy (non-hydrogen) atoms. The van der Waals surface area contributed by atoms with Gasteiger partial charge in [0.1, 0.15) is 6.73 Å². The molecule has 0 bridgehead atoms. The number of aromatic nitrogens is 3. The normalized spacial score (nSPS) is 12.2. The summed E-state index contributed by atoms with van der Waals surface area (Å²) in [5.41, 5.74) is 1.90. The van der Waals surface area contributed by atoms with Crippen LogP contribution in [0.3, 0.4) is 0 Å². The Balaban J connectivity index is 1.93. The van der Waals surface area contributed by atoms with Gasteiger partial charge in [-0.3, -0.25) is 0 Å². The van der Waals surface area contributed by atoms with Crippen molar-refractivity contribution in [1.29, 1.82) is 0 Å². The fraction of sp³-hybridized carbons (Fsp3) is 0.353. The average Bonchev–Trinajstić information content (AvgIpc) is 3.14. The number of hydrogen-bond donors (Lipinski definition) is 0. The van der Waals surface area contributed by atoms with E-state index in [-0.39, 0.29) is 0 Å². The Morgan fingerprint density at radius 2 is 2.00 bits per heavy atom. The standard InChI is InChI=1S/C17H21Cl2N3OSi/c1-24(2,3)9-8-23-12-22-10-15(21-7-6-20-11-21)13-4-5-14(18)16(19)17(13)22/h4-7,10-11H,8-9,12H2,1-3H3. The molecule has 0 atom stereocenters. The van der Waals surface area contributed by atoms with Crippen molar-refractivity contribution in [2.24, 2.45) is 0 Å². The molecular formula is C17H21Cl2N3OSi. The van der Waals surface area contributed by atoms with Crippen LogP contribution in [0.25, 0.3) is 16.6 Å². The largest absolute Gasteiger partial charge is 0.361 e. The molecule has 0 aliphatic rings. The van der Waals surface area contributed by atoms with Crippen LogP contribution < -0.4 is 0 Å². The van der Waals surface area contributed by atoms with E-state index in [4.69, 9.17) is 27.9 Å². The summed E-state index contributed by atoms with van der Waals surface area (Å²) in [5.74, 6) is 0. The van der Waals surface area contributed by atoms with Gasteiger partial charge in [0, 0.05) is 38.7 Å². The Kier molecular flexibility index (Phi) is 5.06. The third kappa shape index (κ3) is 3.69. The van der Waals surface area contributed by atoms with Crippen LogP contribution in [0.1, 0.15) is 0 Å². The number of fused-ring (bicyclic) bond motifs is 1. The van der Waals surface area contributed by atoms with Crippen molar-refractivity contribution in [3.05, 3.63) is 47.1 Å². The van der Waals surface area contributed by atoms with Crippen LogP contribution in [0, 0.1) is 0 Å². The van der Waals surface area contributed by atoms with Crippen LogP contribution >= 0.6 is 23.2 Å². The summed E-state index contributed by atoms with van der Waals surface area (Å²) in [6.45, 7) is 8.24. The molecule has 2 aromatic heterocycles. The molecule has 3 aromatic rings. The Labute approximate surface area is 153 Å². The number of imidazole rings is 1. The van der Waals surface area contributed by atoms with Gasteiger partial charge in [-0.25, -0.2) is 4.98 Å². The van der Waals surface area contributed by atoms with Crippen molar-refractivity contribution in [1.82, 2.24) is 14.1 Å². The SMILES string of the molecule is C[Si](C)(C)CCOCn1cc(-n2ccnc2)c2ccc(Cl)c(Cl)c21. The molecule has 0 saturated heterocycles. The minimum absolute atomic E-state index is 0.454. The quantitative estimate of drug-likeness (QED) is 0.420. The number of hydrogen-bond acceptors (Lipinski definition) is 2. The van der Waals surface area contributed by atoms with Gasteiger partial charge in [0.05, 0.1) is 27.6 Å². The number of rotatable bonds is 6. The predicted molar refractivity (Wildman–Crippen MR) is 103 cm³/mol. The molecule has 0 N–H and O–H groups in total. The first-order valence-corrected chi connectivity index (χ1v) is 12.4. The first-order chi connectivity index (χ1) is 11.4. The first-order valence-electron chi connectivity index (χ1n) is 7.90. The van der Waals surface area contributed by atoms with Crippen LogP contribution in [0.2, 0.25) is 35.7 Å². The lowest BCUT2D eigenvalue weighted by Crippen LogP contribution is -2.22. The lowest BCUT2D eigenvalue weighted by atomic mass is 10.2. The molecule has 0 aliphatic heterocycles. The maximum Gasteiger partial charge on any atom is 0.123 e. The van der Waals surface area contributed by atoms with Crippen LogP contribution in [0.15, 0.2) is 37.1 Å². The molecule has 3 rings (SSSR count). The lowest BCUT2D eigenvalue weighted by Gasteiger charge is -2.16.